The van der Waals surface area contributed by atoms with Gasteiger partial charge in [0.1, 0.15) is 78.5 Å². The maximum Gasteiger partial charge on any atom is 0.187 e. The van der Waals surface area contributed by atoms with Crippen LogP contribution in [0.4, 0.5) is 5.69 Å². The Morgan fingerprint density at radius 1 is 0.753 bits per heavy atom. The SMILES string of the molecule is CN1CCN(c2ccc3nc(-c4ccc(OCCn5cc(-c6ccc(-c7cn(CC8OC(OC9[C@H](N%10C%11[C@@H](O)[C@H](O)C(CN)O[C@@H]%11%10)C(N)C[C@@H](N)[C@H]9O)[C@@H](O)[C@H]8O[C@@H](O)C(N)C(O)[C@H](O)CCN)nn7)cc6)nn5)cc4)[nH]c3c2)CC1. The number of likely N-dealkylation sites (N-methyl/N-ethyl adjacent to an activating group) is 1. The molecule has 0 spiro atoms. The molecule has 1 aliphatic carbocycles. The zero-order chi connectivity index (χ0) is 56.8. The van der Waals surface area contributed by atoms with Crippen molar-refractivity contribution >= 4 is 16.7 Å². The minimum absolute atomic E-state index is 0.0188. The molecule has 11 rings (SSSR count). The molecule has 4 saturated heterocycles. The second-order valence-corrected chi connectivity index (χ2v) is 21.8. The van der Waals surface area contributed by atoms with Gasteiger partial charge in [0.15, 0.2) is 12.6 Å². The van der Waals surface area contributed by atoms with E-state index in [0.29, 0.717) is 35.9 Å². The van der Waals surface area contributed by atoms with Crippen molar-refractivity contribution in [3.63, 3.8) is 0 Å². The first kappa shape index (κ1) is 57.1. The molecule has 0 amide bonds. The van der Waals surface area contributed by atoms with Crippen LogP contribution in [0.25, 0.3) is 44.9 Å². The van der Waals surface area contributed by atoms with Crippen molar-refractivity contribution < 1.29 is 59.4 Å². The number of imidazole rings is 1. The molecule has 0 bridgehead atoms. The van der Waals surface area contributed by atoms with E-state index < -0.39 is 110 Å². The molecule has 0 radical (unpaired) electrons. The Bertz CT molecular complexity index is 3020. The van der Waals surface area contributed by atoms with E-state index in [-0.39, 0.29) is 32.5 Å². The monoisotopic (exact) mass is 1130 g/mol. The molecule has 18 N–H and O–H groups in total. The van der Waals surface area contributed by atoms with Crippen molar-refractivity contribution in [1.29, 1.82) is 0 Å². The highest BCUT2D eigenvalue weighted by atomic mass is 16.7. The Hall–Kier alpha value is -5.71. The number of nitrogens with zero attached hydrogens (tertiary/aromatic N) is 10. The van der Waals surface area contributed by atoms with Crippen LogP contribution < -0.4 is 38.3 Å². The van der Waals surface area contributed by atoms with Crippen molar-refractivity contribution in [3.8, 4) is 39.7 Å². The molecule has 81 heavy (non-hydrogen) atoms. The lowest BCUT2D eigenvalue weighted by molar-refractivity contribution is -0.232. The molecule has 28 heteroatoms. The smallest absolute Gasteiger partial charge is 0.187 e. The zero-order valence-corrected chi connectivity index (χ0v) is 44.7. The van der Waals surface area contributed by atoms with Crippen LogP contribution in [-0.4, -0.2) is 248 Å². The molecule has 5 fully saturated rings. The first-order chi connectivity index (χ1) is 39.1. The zero-order valence-electron chi connectivity index (χ0n) is 44.7. The second-order valence-electron chi connectivity index (χ2n) is 21.8. The number of hydrogen-bond acceptors (Lipinski definition) is 25. The molecule has 9 unspecified atom stereocenters. The average molecular weight is 1130 g/mol. The van der Waals surface area contributed by atoms with Crippen LogP contribution in [0.3, 0.4) is 0 Å². The number of fused-ring (bicyclic) bond motifs is 2. The molecule has 19 atom stereocenters. The van der Waals surface area contributed by atoms with Crippen molar-refractivity contribution in [2.75, 3.05) is 57.8 Å². The topological polar surface area (TPSA) is 417 Å². The summed E-state index contributed by atoms with van der Waals surface area (Å²) in [4.78, 5) is 14.8. The van der Waals surface area contributed by atoms with Gasteiger partial charge in [0.05, 0.1) is 73.0 Å². The number of benzene rings is 3. The minimum Gasteiger partial charge on any atom is -0.492 e. The van der Waals surface area contributed by atoms with E-state index in [0.717, 1.165) is 54.2 Å². The Morgan fingerprint density at radius 3 is 2.12 bits per heavy atom. The number of aromatic nitrogens is 8. The average Bonchev–Trinajstić information content (AvgIpc) is 3.33. The highest BCUT2D eigenvalue weighted by Crippen LogP contribution is 2.46. The van der Waals surface area contributed by atoms with Crippen LogP contribution >= 0.6 is 0 Å². The van der Waals surface area contributed by atoms with E-state index in [1.807, 2.05) is 54.7 Å². The van der Waals surface area contributed by atoms with E-state index in [1.54, 1.807) is 15.8 Å². The van der Waals surface area contributed by atoms with Crippen molar-refractivity contribution in [1.82, 2.24) is 49.8 Å². The minimum atomic E-state index is -1.95. The summed E-state index contributed by atoms with van der Waals surface area (Å²) in [5.74, 6) is 1.50. The van der Waals surface area contributed by atoms with Crippen molar-refractivity contribution in [2.24, 2.45) is 28.7 Å². The van der Waals surface area contributed by atoms with E-state index in [2.05, 4.69) is 60.7 Å². The van der Waals surface area contributed by atoms with Gasteiger partial charge in [0, 0.05) is 67.2 Å². The number of aliphatic hydroxyl groups is 7. The van der Waals surface area contributed by atoms with Crippen LogP contribution in [0.5, 0.6) is 5.75 Å². The van der Waals surface area contributed by atoms with Crippen LogP contribution in [-0.2, 0) is 32.0 Å². The molecule has 3 aromatic heterocycles. The lowest BCUT2D eigenvalue weighted by Gasteiger charge is -2.44. The normalized spacial score (nSPS) is 32.2. The van der Waals surface area contributed by atoms with E-state index in [4.69, 9.17) is 57.3 Å². The van der Waals surface area contributed by atoms with Gasteiger partial charge in [-0.15, -0.1) is 10.2 Å². The molecular formula is C53H74N16O12. The third kappa shape index (κ3) is 11.9. The van der Waals surface area contributed by atoms with Crippen LogP contribution in [0, 0.1) is 0 Å². The predicted molar refractivity (Wildman–Crippen MR) is 291 cm³/mol. The van der Waals surface area contributed by atoms with Gasteiger partial charge in [0.25, 0.3) is 0 Å². The Balaban J connectivity index is 0.721. The van der Waals surface area contributed by atoms with Gasteiger partial charge in [-0.05, 0) is 68.9 Å². The summed E-state index contributed by atoms with van der Waals surface area (Å²) in [7, 11) is 2.15. The molecule has 3 aromatic carbocycles. The number of nitrogens with two attached hydrogens (primary N) is 5. The molecule has 4 aliphatic heterocycles. The van der Waals surface area contributed by atoms with E-state index in [9.17, 15) is 35.7 Å². The molecule has 7 heterocycles. The number of aliphatic hydroxyl groups excluding tert-OH is 7. The van der Waals surface area contributed by atoms with Crippen molar-refractivity contribution in [2.45, 2.75) is 136 Å². The number of ether oxygens (including phenoxy) is 5. The van der Waals surface area contributed by atoms with E-state index >= 15 is 0 Å². The molecule has 1 saturated carbocycles. The molecular weight excluding hydrogens is 1050 g/mol. The summed E-state index contributed by atoms with van der Waals surface area (Å²) in [6.45, 7) is 4.73. The highest BCUT2D eigenvalue weighted by molar-refractivity contribution is 5.83. The van der Waals surface area contributed by atoms with Gasteiger partial charge in [-0.25, -0.2) is 14.3 Å². The number of piperazine rings is 1. The van der Waals surface area contributed by atoms with Gasteiger partial charge in [-0.1, -0.05) is 34.7 Å². The second kappa shape index (κ2) is 24.2. The summed E-state index contributed by atoms with van der Waals surface area (Å²) in [5.41, 5.74) is 37.3. The fourth-order valence-electron chi connectivity index (χ4n) is 11.5. The quantitative estimate of drug-likeness (QED) is 0.0241. The fraction of sp³-hybridized carbons (Fsp3) is 0.566. The van der Waals surface area contributed by atoms with Crippen molar-refractivity contribution in [3.05, 3.63) is 79.1 Å². The Kier molecular flexibility index (Phi) is 17.1. The van der Waals surface area contributed by atoms with Crippen LogP contribution in [0.15, 0.2) is 79.1 Å². The fourth-order valence-corrected chi connectivity index (χ4v) is 11.5. The summed E-state index contributed by atoms with van der Waals surface area (Å²) < 4.78 is 33.9. The first-order valence-electron chi connectivity index (χ1n) is 27.5. The third-order valence-corrected chi connectivity index (χ3v) is 16.3. The summed E-state index contributed by atoms with van der Waals surface area (Å²) in [5, 5.41) is 94.9. The Morgan fingerprint density at radius 2 is 1.43 bits per heavy atom. The van der Waals surface area contributed by atoms with Gasteiger partial charge < -0.3 is 103 Å². The Labute approximate surface area is 465 Å². The molecule has 438 valence electrons. The third-order valence-electron chi connectivity index (χ3n) is 16.3. The number of anilines is 1. The number of nitrogens with one attached hydrogen (secondary N) is 1. The van der Waals surface area contributed by atoms with Crippen LogP contribution in [0.1, 0.15) is 12.8 Å². The largest absolute Gasteiger partial charge is 0.492 e. The predicted octanol–water partition coefficient (Wildman–Crippen LogP) is -3.97. The maximum atomic E-state index is 11.9. The summed E-state index contributed by atoms with van der Waals surface area (Å²) in [6, 6.07) is 16.9. The van der Waals surface area contributed by atoms with Crippen LogP contribution in [0.2, 0.25) is 0 Å². The molecule has 5 aliphatic rings. The standard InChI is InChI=1S/C53H74N16O12/c1-65-14-16-66(17-15-65)29-8-11-33-34(20-29)60-50(59-33)28-6-9-30(10-7-28)77-19-18-67-23-35(61-63-67)26-2-4-27(5-3-26)36-24-68(64-62-36)25-39-48(80-52(76)40(58)44(72)37(70)12-13-54)47(75)53(79-39)81-49-41(31(56)21-32(57)43(49)71)69-42-46(74)45(73)38(22-55)78-51(42)69/h2-11,20,23-24,31-32,37-49,51-53,70-76H,12-19,21-22,25,54-58H2,1H3,(H,59,60)/t31?,32-,37-,38?,39?,40?,41-,42?,43-,44?,45-,46-,47+,48+,49?,51+,52-,53?,69?/m1/s1. The first-order valence-corrected chi connectivity index (χ1v) is 27.5. The molecule has 28 nitrogen and oxygen atoms in total. The number of hydrogen-bond donors (Lipinski definition) is 13. The summed E-state index contributed by atoms with van der Waals surface area (Å²) in [6.07, 6.45) is -13.9. The highest BCUT2D eigenvalue weighted by Gasteiger charge is 2.66. The van der Waals surface area contributed by atoms with Gasteiger partial charge in [-0.3, -0.25) is 4.90 Å². The number of H-pyrrole nitrogens is 1. The van der Waals surface area contributed by atoms with Gasteiger partial charge in [-0.2, -0.15) is 0 Å². The maximum absolute atomic E-state index is 11.9. The number of aromatic amines is 1. The lowest BCUT2D eigenvalue weighted by atomic mass is 9.82. The molecule has 6 aromatic rings. The van der Waals surface area contributed by atoms with E-state index in [1.165, 1.54) is 10.4 Å². The lowest BCUT2D eigenvalue weighted by Crippen LogP contribution is -2.65. The number of rotatable bonds is 21. The van der Waals surface area contributed by atoms with Gasteiger partial charge in [0.2, 0.25) is 0 Å². The van der Waals surface area contributed by atoms with Gasteiger partial charge >= 0.3 is 0 Å². The summed E-state index contributed by atoms with van der Waals surface area (Å²) >= 11 is 0.